The van der Waals surface area contributed by atoms with E-state index >= 15 is 0 Å². The summed E-state index contributed by atoms with van der Waals surface area (Å²) in [6.07, 6.45) is 0.897. The first-order chi connectivity index (χ1) is 17.0. The summed E-state index contributed by atoms with van der Waals surface area (Å²) in [5.41, 5.74) is 1.87. The summed E-state index contributed by atoms with van der Waals surface area (Å²) in [5.74, 6) is 0.922. The van der Waals surface area contributed by atoms with Crippen LogP contribution in [0.5, 0.6) is 17.2 Å². The molecular formula is C28H26FNO4S. The van der Waals surface area contributed by atoms with Crippen molar-refractivity contribution in [3.05, 3.63) is 77.9 Å². The topological polar surface area (TPSA) is 70.0 Å². The quantitative estimate of drug-likeness (QED) is 0.301. The lowest BCUT2D eigenvalue weighted by atomic mass is 9.97. The molecule has 5 rings (SSSR count). The molecule has 1 aliphatic heterocycles. The number of thiophene rings is 1. The van der Waals surface area contributed by atoms with Crippen molar-refractivity contribution in [2.75, 3.05) is 32.9 Å². The molecule has 0 aliphatic carbocycles. The Labute approximate surface area is 207 Å². The van der Waals surface area contributed by atoms with Crippen molar-refractivity contribution in [2.24, 2.45) is 5.92 Å². The maximum atomic E-state index is 13.6. The van der Waals surface area contributed by atoms with Gasteiger partial charge in [0.15, 0.2) is 5.78 Å². The van der Waals surface area contributed by atoms with Crippen LogP contribution in [0.15, 0.2) is 66.7 Å². The maximum Gasteiger partial charge on any atom is 0.195 e. The van der Waals surface area contributed by atoms with E-state index in [1.54, 1.807) is 60.7 Å². The van der Waals surface area contributed by atoms with Crippen LogP contribution in [-0.2, 0) is 0 Å². The van der Waals surface area contributed by atoms with Crippen LogP contribution in [0.2, 0.25) is 0 Å². The number of phenolic OH excluding ortho intramolecular Hbond substituents is 2. The first kappa shape index (κ1) is 23.3. The molecule has 35 heavy (non-hydrogen) atoms. The molecule has 1 fully saturated rings. The fraction of sp³-hybridized carbons (Fsp3) is 0.250. The molecule has 5 nitrogen and oxygen atoms in total. The van der Waals surface area contributed by atoms with E-state index in [0.717, 1.165) is 41.2 Å². The van der Waals surface area contributed by atoms with Gasteiger partial charge in [0.05, 0.1) is 6.67 Å². The first-order valence-electron chi connectivity index (χ1n) is 11.6. The molecule has 3 aromatic carbocycles. The van der Waals surface area contributed by atoms with Crippen molar-refractivity contribution in [2.45, 2.75) is 6.42 Å². The maximum absolute atomic E-state index is 13.6. The molecule has 0 spiro atoms. The van der Waals surface area contributed by atoms with Crippen molar-refractivity contribution in [3.8, 4) is 27.7 Å². The fourth-order valence-corrected chi connectivity index (χ4v) is 5.69. The van der Waals surface area contributed by atoms with Crippen molar-refractivity contribution >= 4 is 27.2 Å². The van der Waals surface area contributed by atoms with E-state index in [1.165, 1.54) is 11.3 Å². The zero-order chi connectivity index (χ0) is 24.4. The third kappa shape index (κ3) is 5.01. The summed E-state index contributed by atoms with van der Waals surface area (Å²) in [6.45, 7) is 2.67. The van der Waals surface area contributed by atoms with Crippen LogP contribution < -0.4 is 4.74 Å². The summed E-state index contributed by atoms with van der Waals surface area (Å²) in [4.78, 5) is 16.6. The van der Waals surface area contributed by atoms with Crippen LogP contribution in [0.1, 0.15) is 22.3 Å². The average molecular weight is 492 g/mol. The molecule has 1 atom stereocenters. The highest BCUT2D eigenvalue weighted by atomic mass is 32.1. The highest BCUT2D eigenvalue weighted by Gasteiger charge is 2.23. The van der Waals surface area contributed by atoms with E-state index in [2.05, 4.69) is 4.90 Å². The minimum atomic E-state index is -0.264. The average Bonchev–Trinajstić information content (AvgIpc) is 3.49. The fourth-order valence-electron chi connectivity index (χ4n) is 4.51. The lowest BCUT2D eigenvalue weighted by Crippen LogP contribution is -2.26. The monoisotopic (exact) mass is 491 g/mol. The lowest BCUT2D eigenvalue weighted by molar-refractivity contribution is 0.104. The molecule has 0 radical (unpaired) electrons. The van der Waals surface area contributed by atoms with Gasteiger partial charge in [-0.05, 0) is 85.3 Å². The number of phenols is 2. The van der Waals surface area contributed by atoms with Crippen molar-refractivity contribution < 1.29 is 24.1 Å². The third-order valence-electron chi connectivity index (χ3n) is 6.41. The molecule has 2 heterocycles. The highest BCUT2D eigenvalue weighted by Crippen LogP contribution is 2.41. The normalized spacial score (nSPS) is 16.1. The van der Waals surface area contributed by atoms with Gasteiger partial charge in [-0.1, -0.05) is 0 Å². The number of alkyl halides is 1. The minimum Gasteiger partial charge on any atom is -0.508 e. The zero-order valence-corrected chi connectivity index (χ0v) is 19.9. The van der Waals surface area contributed by atoms with E-state index in [1.807, 2.05) is 6.07 Å². The van der Waals surface area contributed by atoms with Crippen molar-refractivity contribution in [3.63, 3.8) is 0 Å². The highest BCUT2D eigenvalue weighted by molar-refractivity contribution is 7.22. The van der Waals surface area contributed by atoms with Crippen LogP contribution in [0.4, 0.5) is 4.39 Å². The Hall–Kier alpha value is -3.42. The van der Waals surface area contributed by atoms with E-state index in [-0.39, 0.29) is 29.9 Å². The molecule has 180 valence electrons. The number of ketones is 1. The zero-order valence-electron chi connectivity index (χ0n) is 19.1. The molecule has 4 aromatic rings. The van der Waals surface area contributed by atoms with Gasteiger partial charge >= 0.3 is 0 Å². The molecule has 0 saturated carbocycles. The van der Waals surface area contributed by atoms with Gasteiger partial charge in [-0.15, -0.1) is 11.3 Å². The molecule has 0 bridgehead atoms. The third-order valence-corrected chi connectivity index (χ3v) is 7.63. The van der Waals surface area contributed by atoms with Gasteiger partial charge in [-0.2, -0.15) is 0 Å². The number of nitrogens with zero attached hydrogens (tertiary/aromatic N) is 1. The number of carbonyl (C=O) groups is 1. The Balaban J connectivity index is 1.36. The standard InChI is InChI=1S/C28H26FNO4S/c29-16-18-11-12-30(17-18)13-14-34-23-8-3-19(4-9-23)27(33)26-24-15-22(32)7-10-25(24)35-28(26)20-1-5-21(31)6-2-20/h1-10,15,18,31-32H,11-14,16-17H2. The molecule has 1 aromatic heterocycles. The van der Waals surface area contributed by atoms with E-state index < -0.39 is 0 Å². The second-order valence-electron chi connectivity index (χ2n) is 8.85. The van der Waals surface area contributed by atoms with Gasteiger partial charge < -0.3 is 14.9 Å². The van der Waals surface area contributed by atoms with Crippen LogP contribution in [0, 0.1) is 5.92 Å². The number of ether oxygens (including phenoxy) is 1. The van der Waals surface area contributed by atoms with Crippen LogP contribution in [0.3, 0.4) is 0 Å². The predicted molar refractivity (Wildman–Crippen MR) is 136 cm³/mol. The summed E-state index contributed by atoms with van der Waals surface area (Å²) in [5, 5.41) is 20.4. The molecule has 1 saturated heterocycles. The lowest BCUT2D eigenvalue weighted by Gasteiger charge is -2.15. The number of halogens is 1. The second kappa shape index (κ2) is 10.1. The number of fused-ring (bicyclic) bond motifs is 1. The molecular weight excluding hydrogens is 465 g/mol. The minimum absolute atomic E-state index is 0.0983. The van der Waals surface area contributed by atoms with Gasteiger partial charge in [0.2, 0.25) is 0 Å². The predicted octanol–water partition coefficient (Wildman–Crippen LogP) is 5.88. The summed E-state index contributed by atoms with van der Waals surface area (Å²) >= 11 is 1.48. The Morgan fingerprint density at radius 2 is 1.77 bits per heavy atom. The molecule has 2 N–H and O–H groups in total. The summed E-state index contributed by atoms with van der Waals surface area (Å²) in [7, 11) is 0. The Morgan fingerprint density at radius 3 is 2.49 bits per heavy atom. The van der Waals surface area contributed by atoms with Gasteiger partial charge in [0.1, 0.15) is 23.9 Å². The molecule has 1 aliphatic rings. The van der Waals surface area contributed by atoms with Crippen LogP contribution >= 0.6 is 11.3 Å². The Kier molecular flexibility index (Phi) is 6.70. The largest absolute Gasteiger partial charge is 0.508 e. The number of benzene rings is 3. The van der Waals surface area contributed by atoms with Gasteiger partial charge in [0, 0.05) is 45.1 Å². The Bertz CT molecular complexity index is 1330. The van der Waals surface area contributed by atoms with Crippen molar-refractivity contribution in [1.29, 1.82) is 0 Å². The van der Waals surface area contributed by atoms with Gasteiger partial charge in [0.25, 0.3) is 0 Å². The van der Waals surface area contributed by atoms with E-state index in [4.69, 9.17) is 4.74 Å². The first-order valence-corrected chi connectivity index (χ1v) is 12.4. The van der Waals surface area contributed by atoms with Gasteiger partial charge in [-0.25, -0.2) is 0 Å². The summed E-state index contributed by atoms with van der Waals surface area (Å²) < 4.78 is 19.5. The SMILES string of the molecule is O=C(c1ccc(OCCN2CCC(CF)C2)cc1)c1c(-c2ccc(O)cc2)sc2ccc(O)cc12. The van der Waals surface area contributed by atoms with Crippen LogP contribution in [0.25, 0.3) is 20.5 Å². The Morgan fingerprint density at radius 1 is 1.03 bits per heavy atom. The molecule has 7 heteroatoms. The molecule has 1 unspecified atom stereocenters. The smallest absolute Gasteiger partial charge is 0.195 e. The van der Waals surface area contributed by atoms with E-state index in [9.17, 15) is 19.4 Å². The number of rotatable bonds is 8. The number of likely N-dealkylation sites (tertiary alicyclic amines) is 1. The number of carbonyl (C=O) groups excluding carboxylic acids is 1. The van der Waals surface area contributed by atoms with Crippen molar-refractivity contribution in [1.82, 2.24) is 4.90 Å². The second-order valence-corrected chi connectivity index (χ2v) is 9.90. The summed E-state index contributed by atoms with van der Waals surface area (Å²) in [6, 6.07) is 18.9. The van der Waals surface area contributed by atoms with Crippen LogP contribution in [-0.4, -0.2) is 53.8 Å². The van der Waals surface area contributed by atoms with E-state index in [0.29, 0.717) is 28.9 Å². The number of hydrogen-bond donors (Lipinski definition) is 2. The number of aromatic hydroxyl groups is 2. The van der Waals surface area contributed by atoms with Gasteiger partial charge in [-0.3, -0.25) is 14.1 Å². The number of hydrogen-bond acceptors (Lipinski definition) is 6. The molecule has 0 amide bonds.